The second-order valence-electron chi connectivity index (χ2n) is 5.44. The molecule has 3 N–H and O–H groups in total. The van der Waals surface area contributed by atoms with Crippen LogP contribution in [0.15, 0.2) is 41.5 Å². The van der Waals surface area contributed by atoms with Crippen molar-refractivity contribution in [1.29, 1.82) is 0 Å². The molecule has 0 aliphatic heterocycles. The molecule has 0 unspecified atom stereocenters. The molecule has 0 aromatic heterocycles. The Balaban J connectivity index is 1.98. The van der Waals surface area contributed by atoms with E-state index < -0.39 is 5.91 Å². The van der Waals surface area contributed by atoms with Gasteiger partial charge in [-0.05, 0) is 50.1 Å². The maximum atomic E-state index is 11.9. The number of carbonyl (C=O) groups is 1. The number of para-hydroxylation sites is 1. The number of nitrogens with one attached hydrogen (secondary N) is 1. The minimum Gasteiger partial charge on any atom is -0.508 e. The summed E-state index contributed by atoms with van der Waals surface area (Å²) in [6, 6.07) is 9.83. The van der Waals surface area contributed by atoms with E-state index in [0.717, 1.165) is 11.1 Å². The van der Waals surface area contributed by atoms with Crippen molar-refractivity contribution < 1.29 is 19.7 Å². The minimum absolute atomic E-state index is 0.00189. The summed E-state index contributed by atoms with van der Waals surface area (Å²) in [5, 5.41) is 23.1. The number of phenolic OH excluding ortho intramolecular Hbond substituents is 2. The van der Waals surface area contributed by atoms with Crippen molar-refractivity contribution in [2.24, 2.45) is 5.10 Å². The number of ether oxygens (including phenoxy) is 1. The molecule has 0 atom stereocenters. The fourth-order valence-electron chi connectivity index (χ4n) is 2.22. The van der Waals surface area contributed by atoms with Gasteiger partial charge in [0.15, 0.2) is 6.61 Å². The molecule has 6 nitrogen and oxygen atoms in total. The second kappa shape index (κ2) is 7.50. The Morgan fingerprint density at radius 3 is 2.50 bits per heavy atom. The Kier molecular flexibility index (Phi) is 5.42. The molecular weight excluding hydrogens is 308 g/mol. The molecule has 126 valence electrons. The van der Waals surface area contributed by atoms with Crippen molar-refractivity contribution in [2.45, 2.75) is 20.8 Å². The van der Waals surface area contributed by atoms with Gasteiger partial charge in [0, 0.05) is 5.56 Å². The summed E-state index contributed by atoms with van der Waals surface area (Å²) in [6.45, 7) is 5.26. The lowest BCUT2D eigenvalue weighted by Crippen LogP contribution is -2.26. The first kappa shape index (κ1) is 17.3. The highest BCUT2D eigenvalue weighted by atomic mass is 16.5. The summed E-state index contributed by atoms with van der Waals surface area (Å²) in [6.07, 6.45) is 0. The third-order valence-corrected chi connectivity index (χ3v) is 3.47. The van der Waals surface area contributed by atoms with Crippen LogP contribution in [0.25, 0.3) is 0 Å². The number of carbonyl (C=O) groups excluding carboxylic acids is 1. The van der Waals surface area contributed by atoms with Crippen molar-refractivity contribution in [3.8, 4) is 17.2 Å². The van der Waals surface area contributed by atoms with Crippen LogP contribution in [0.4, 0.5) is 0 Å². The van der Waals surface area contributed by atoms with Crippen molar-refractivity contribution in [2.75, 3.05) is 6.61 Å². The van der Waals surface area contributed by atoms with Crippen molar-refractivity contribution >= 4 is 11.6 Å². The van der Waals surface area contributed by atoms with E-state index in [9.17, 15) is 15.0 Å². The molecule has 0 aliphatic rings. The lowest BCUT2D eigenvalue weighted by molar-refractivity contribution is -0.123. The van der Waals surface area contributed by atoms with Crippen LogP contribution in [0.3, 0.4) is 0 Å². The first-order chi connectivity index (χ1) is 11.4. The number of amides is 1. The number of rotatable bonds is 5. The molecule has 0 fully saturated rings. The molecule has 0 heterocycles. The fraction of sp³-hybridized carbons (Fsp3) is 0.222. The van der Waals surface area contributed by atoms with Gasteiger partial charge in [0.1, 0.15) is 17.2 Å². The monoisotopic (exact) mass is 328 g/mol. The van der Waals surface area contributed by atoms with E-state index in [4.69, 9.17) is 4.74 Å². The normalized spacial score (nSPS) is 11.2. The molecule has 2 aromatic rings. The molecule has 0 saturated heterocycles. The van der Waals surface area contributed by atoms with Crippen LogP contribution < -0.4 is 10.2 Å². The van der Waals surface area contributed by atoms with Crippen molar-refractivity contribution in [3.63, 3.8) is 0 Å². The molecule has 24 heavy (non-hydrogen) atoms. The smallest absolute Gasteiger partial charge is 0.277 e. The number of hydrogen-bond acceptors (Lipinski definition) is 5. The molecule has 1 amide bonds. The highest BCUT2D eigenvalue weighted by Gasteiger charge is 2.09. The minimum atomic E-state index is -0.420. The maximum Gasteiger partial charge on any atom is 0.277 e. The highest BCUT2D eigenvalue weighted by molar-refractivity contribution is 6.01. The van der Waals surface area contributed by atoms with Gasteiger partial charge in [0.05, 0.1) is 5.71 Å². The maximum absolute atomic E-state index is 11.9. The van der Waals surface area contributed by atoms with E-state index in [2.05, 4.69) is 10.5 Å². The van der Waals surface area contributed by atoms with Crippen LogP contribution in [-0.2, 0) is 4.79 Å². The predicted molar refractivity (Wildman–Crippen MR) is 91.5 cm³/mol. The van der Waals surface area contributed by atoms with E-state index in [1.807, 2.05) is 32.0 Å². The summed E-state index contributed by atoms with van der Waals surface area (Å²) in [5.74, 6) is 0.229. The third kappa shape index (κ3) is 4.25. The van der Waals surface area contributed by atoms with E-state index in [1.165, 1.54) is 18.2 Å². The number of aryl methyl sites for hydroxylation is 2. The summed E-state index contributed by atoms with van der Waals surface area (Å²) < 4.78 is 5.54. The first-order valence-electron chi connectivity index (χ1n) is 7.43. The lowest BCUT2D eigenvalue weighted by atomic mass is 10.1. The zero-order valence-corrected chi connectivity index (χ0v) is 13.8. The van der Waals surface area contributed by atoms with Crippen LogP contribution in [0.2, 0.25) is 0 Å². The summed E-state index contributed by atoms with van der Waals surface area (Å²) in [5.41, 5.74) is 4.97. The van der Waals surface area contributed by atoms with Gasteiger partial charge in [-0.15, -0.1) is 0 Å². The SMILES string of the molecule is C/C(=N/NC(=O)COc1c(C)cccc1C)c1cc(O)ccc1O. The third-order valence-electron chi connectivity index (χ3n) is 3.47. The van der Waals surface area contributed by atoms with Crippen molar-refractivity contribution in [1.82, 2.24) is 5.43 Å². The van der Waals surface area contributed by atoms with Gasteiger partial charge < -0.3 is 14.9 Å². The molecule has 2 aromatic carbocycles. The van der Waals surface area contributed by atoms with Gasteiger partial charge in [-0.2, -0.15) is 5.10 Å². The summed E-state index contributed by atoms with van der Waals surface area (Å²) in [4.78, 5) is 11.9. The fourth-order valence-corrected chi connectivity index (χ4v) is 2.22. The number of aromatic hydroxyl groups is 2. The Morgan fingerprint density at radius 2 is 1.83 bits per heavy atom. The van der Waals surface area contributed by atoms with Gasteiger partial charge in [-0.3, -0.25) is 4.79 Å². The Hall–Kier alpha value is -3.02. The summed E-state index contributed by atoms with van der Waals surface area (Å²) in [7, 11) is 0. The number of benzene rings is 2. The van der Waals surface area contributed by atoms with Gasteiger partial charge in [0.2, 0.25) is 0 Å². The van der Waals surface area contributed by atoms with E-state index in [-0.39, 0.29) is 18.1 Å². The Morgan fingerprint density at radius 1 is 1.17 bits per heavy atom. The predicted octanol–water partition coefficient (Wildman–Crippen LogP) is 2.63. The molecule has 0 radical (unpaired) electrons. The average Bonchev–Trinajstić information content (AvgIpc) is 2.54. The number of phenols is 2. The van der Waals surface area contributed by atoms with Gasteiger partial charge >= 0.3 is 0 Å². The zero-order chi connectivity index (χ0) is 17.7. The Bertz CT molecular complexity index is 764. The van der Waals surface area contributed by atoms with Crippen LogP contribution >= 0.6 is 0 Å². The molecule has 2 rings (SSSR count). The lowest BCUT2D eigenvalue weighted by Gasteiger charge is -2.11. The molecule has 0 saturated carbocycles. The standard InChI is InChI=1S/C18H20N2O4/c1-11-5-4-6-12(2)18(11)24-10-17(23)20-19-13(3)15-9-14(21)7-8-16(15)22/h4-9,21-22H,10H2,1-3H3,(H,20,23)/b19-13-. The van der Waals surface area contributed by atoms with Crippen LogP contribution in [0.5, 0.6) is 17.2 Å². The molecule has 0 bridgehead atoms. The number of nitrogens with zero attached hydrogens (tertiary/aromatic N) is 1. The quantitative estimate of drug-likeness (QED) is 0.447. The molecule has 0 spiro atoms. The topological polar surface area (TPSA) is 91.2 Å². The van der Waals surface area contributed by atoms with Crippen molar-refractivity contribution in [3.05, 3.63) is 53.1 Å². The van der Waals surface area contributed by atoms with Crippen LogP contribution in [0, 0.1) is 13.8 Å². The average molecular weight is 328 g/mol. The molecular formula is C18H20N2O4. The summed E-state index contributed by atoms with van der Waals surface area (Å²) >= 11 is 0. The molecule has 0 aliphatic carbocycles. The van der Waals surface area contributed by atoms with E-state index in [0.29, 0.717) is 17.0 Å². The van der Waals surface area contributed by atoms with Gasteiger partial charge in [-0.1, -0.05) is 18.2 Å². The number of hydrogen-bond donors (Lipinski definition) is 3. The van der Waals surface area contributed by atoms with Gasteiger partial charge in [0.25, 0.3) is 5.91 Å². The second-order valence-corrected chi connectivity index (χ2v) is 5.44. The van der Waals surface area contributed by atoms with Crippen LogP contribution in [-0.4, -0.2) is 28.4 Å². The van der Waals surface area contributed by atoms with E-state index in [1.54, 1.807) is 6.92 Å². The number of hydrazone groups is 1. The van der Waals surface area contributed by atoms with Crippen LogP contribution in [0.1, 0.15) is 23.6 Å². The first-order valence-corrected chi connectivity index (χ1v) is 7.43. The highest BCUT2D eigenvalue weighted by Crippen LogP contribution is 2.23. The Labute approximate surface area is 140 Å². The largest absolute Gasteiger partial charge is 0.508 e. The van der Waals surface area contributed by atoms with E-state index >= 15 is 0 Å². The zero-order valence-electron chi connectivity index (χ0n) is 13.8. The molecule has 6 heteroatoms. The van der Waals surface area contributed by atoms with Gasteiger partial charge in [-0.25, -0.2) is 5.43 Å².